The highest BCUT2D eigenvalue weighted by Gasteiger charge is 2.14. The van der Waals surface area contributed by atoms with Crippen LogP contribution in [0.25, 0.3) is 0 Å². The van der Waals surface area contributed by atoms with Gasteiger partial charge in [0.15, 0.2) is 23.9 Å². The first-order valence-electron chi connectivity index (χ1n) is 8.46. The SMILES string of the molecule is COc1cccc(OC)c1OCn1ccc(C(=O)Nc2cc(Cl)ccc2C)n1. The van der Waals surface area contributed by atoms with E-state index in [4.69, 9.17) is 25.8 Å². The van der Waals surface area contributed by atoms with Crippen LogP contribution in [0.2, 0.25) is 5.02 Å². The number of rotatable bonds is 7. The summed E-state index contributed by atoms with van der Waals surface area (Å²) in [6.45, 7) is 1.97. The minimum atomic E-state index is -0.334. The number of nitrogens with one attached hydrogen (secondary N) is 1. The first kappa shape index (κ1) is 19.6. The van der Waals surface area contributed by atoms with Gasteiger partial charge < -0.3 is 19.5 Å². The van der Waals surface area contributed by atoms with Gasteiger partial charge in [-0.1, -0.05) is 23.7 Å². The van der Waals surface area contributed by atoms with E-state index in [0.717, 1.165) is 5.56 Å². The maximum Gasteiger partial charge on any atom is 0.276 e. The van der Waals surface area contributed by atoms with E-state index in [1.54, 1.807) is 56.8 Å². The smallest absolute Gasteiger partial charge is 0.276 e. The molecule has 0 spiro atoms. The van der Waals surface area contributed by atoms with Crippen molar-refractivity contribution in [2.24, 2.45) is 0 Å². The molecule has 0 saturated carbocycles. The lowest BCUT2D eigenvalue weighted by molar-refractivity contribution is 0.102. The number of carbonyl (C=O) groups excluding carboxylic acids is 1. The van der Waals surface area contributed by atoms with E-state index in [1.807, 2.05) is 13.0 Å². The fourth-order valence-electron chi connectivity index (χ4n) is 2.56. The van der Waals surface area contributed by atoms with Gasteiger partial charge >= 0.3 is 0 Å². The van der Waals surface area contributed by atoms with Gasteiger partial charge in [-0.2, -0.15) is 5.10 Å². The van der Waals surface area contributed by atoms with Crippen LogP contribution in [-0.4, -0.2) is 29.9 Å². The largest absolute Gasteiger partial charge is 0.493 e. The van der Waals surface area contributed by atoms with Crippen LogP contribution in [0.1, 0.15) is 16.1 Å². The highest BCUT2D eigenvalue weighted by atomic mass is 35.5. The average molecular weight is 402 g/mol. The molecule has 0 aliphatic rings. The van der Waals surface area contributed by atoms with Crippen LogP contribution in [0.5, 0.6) is 17.2 Å². The van der Waals surface area contributed by atoms with Gasteiger partial charge in [0, 0.05) is 16.9 Å². The lowest BCUT2D eigenvalue weighted by Crippen LogP contribution is -2.15. The minimum absolute atomic E-state index is 0.0835. The summed E-state index contributed by atoms with van der Waals surface area (Å²) in [7, 11) is 3.10. The molecule has 0 radical (unpaired) electrons. The Bertz CT molecular complexity index is 965. The second-order valence-corrected chi connectivity index (χ2v) is 6.36. The molecule has 0 aliphatic heterocycles. The third-order valence-electron chi connectivity index (χ3n) is 4.04. The van der Waals surface area contributed by atoms with Gasteiger partial charge in [0.05, 0.1) is 14.2 Å². The molecule has 0 fully saturated rings. The number of halogens is 1. The Labute approximate surface area is 167 Å². The molecule has 0 bridgehead atoms. The van der Waals surface area contributed by atoms with Crippen molar-refractivity contribution in [3.63, 3.8) is 0 Å². The summed E-state index contributed by atoms with van der Waals surface area (Å²) in [5, 5.41) is 7.61. The standard InChI is InChI=1S/C20H20ClN3O4/c1-13-7-8-14(21)11-16(13)22-20(25)15-9-10-24(23-15)12-28-19-17(26-2)5-4-6-18(19)27-3/h4-11H,12H2,1-3H3,(H,22,25). The van der Waals surface area contributed by atoms with Crippen molar-refractivity contribution < 1.29 is 19.0 Å². The highest BCUT2D eigenvalue weighted by molar-refractivity contribution is 6.31. The van der Waals surface area contributed by atoms with Crippen LogP contribution in [0.4, 0.5) is 5.69 Å². The number of benzene rings is 2. The molecule has 8 heteroatoms. The molecule has 7 nitrogen and oxygen atoms in total. The molecule has 0 aliphatic carbocycles. The van der Waals surface area contributed by atoms with E-state index in [-0.39, 0.29) is 18.3 Å². The Balaban J connectivity index is 1.69. The molecule has 1 aromatic heterocycles. The molecule has 1 amide bonds. The summed E-state index contributed by atoms with van der Waals surface area (Å²) in [6, 6.07) is 12.3. The van der Waals surface area contributed by atoms with Gasteiger partial charge in [0.2, 0.25) is 5.75 Å². The molecule has 146 valence electrons. The van der Waals surface area contributed by atoms with Crippen molar-refractivity contribution in [2.75, 3.05) is 19.5 Å². The maximum absolute atomic E-state index is 12.5. The van der Waals surface area contributed by atoms with Gasteiger partial charge in [-0.15, -0.1) is 0 Å². The van der Waals surface area contributed by atoms with Gasteiger partial charge in [0.1, 0.15) is 0 Å². The number of ether oxygens (including phenoxy) is 3. The third-order valence-corrected chi connectivity index (χ3v) is 4.28. The Morgan fingerprint density at radius 1 is 1.14 bits per heavy atom. The summed E-state index contributed by atoms with van der Waals surface area (Å²) in [5.41, 5.74) is 1.81. The number of hydrogen-bond acceptors (Lipinski definition) is 5. The van der Waals surface area contributed by atoms with Crippen LogP contribution in [0.15, 0.2) is 48.7 Å². The first-order valence-corrected chi connectivity index (χ1v) is 8.84. The number of anilines is 1. The number of hydrogen-bond donors (Lipinski definition) is 1. The number of carbonyl (C=O) groups is 1. The second kappa shape index (κ2) is 8.67. The number of nitrogens with zero attached hydrogens (tertiary/aromatic N) is 2. The fourth-order valence-corrected chi connectivity index (χ4v) is 2.73. The lowest BCUT2D eigenvalue weighted by atomic mass is 10.2. The van der Waals surface area contributed by atoms with Crippen molar-refractivity contribution in [3.05, 3.63) is 64.9 Å². The van der Waals surface area contributed by atoms with Crippen LogP contribution >= 0.6 is 11.6 Å². The molecule has 28 heavy (non-hydrogen) atoms. The van der Waals surface area contributed by atoms with E-state index in [9.17, 15) is 4.79 Å². The molecular formula is C20H20ClN3O4. The molecule has 0 saturated heterocycles. The van der Waals surface area contributed by atoms with Crippen molar-refractivity contribution in [1.82, 2.24) is 9.78 Å². The summed E-state index contributed by atoms with van der Waals surface area (Å²) < 4.78 is 17.9. The van der Waals surface area contributed by atoms with E-state index in [2.05, 4.69) is 10.4 Å². The molecule has 2 aromatic carbocycles. The predicted molar refractivity (Wildman–Crippen MR) is 107 cm³/mol. The third kappa shape index (κ3) is 4.37. The lowest BCUT2D eigenvalue weighted by Gasteiger charge is -2.13. The number of aryl methyl sites for hydroxylation is 1. The molecule has 1 heterocycles. The zero-order valence-corrected chi connectivity index (χ0v) is 16.5. The molecule has 1 N–H and O–H groups in total. The zero-order valence-electron chi connectivity index (χ0n) is 15.7. The fraction of sp³-hybridized carbons (Fsp3) is 0.200. The number of methoxy groups -OCH3 is 2. The number of para-hydroxylation sites is 1. The van der Waals surface area contributed by atoms with E-state index in [1.165, 1.54) is 4.68 Å². The average Bonchev–Trinajstić information content (AvgIpc) is 3.18. The summed E-state index contributed by atoms with van der Waals surface area (Å²) in [4.78, 5) is 12.5. The first-order chi connectivity index (χ1) is 13.5. The van der Waals surface area contributed by atoms with Crippen LogP contribution in [0.3, 0.4) is 0 Å². The van der Waals surface area contributed by atoms with Crippen molar-refractivity contribution in [3.8, 4) is 17.2 Å². The minimum Gasteiger partial charge on any atom is -0.493 e. The van der Waals surface area contributed by atoms with Crippen molar-refractivity contribution in [1.29, 1.82) is 0 Å². The predicted octanol–water partition coefficient (Wildman–Crippen LogP) is 4.15. The van der Waals surface area contributed by atoms with Crippen LogP contribution in [-0.2, 0) is 6.73 Å². The van der Waals surface area contributed by atoms with Gasteiger partial charge in [0.25, 0.3) is 5.91 Å². The summed E-state index contributed by atoms with van der Waals surface area (Å²) in [5.74, 6) is 1.21. The van der Waals surface area contributed by atoms with Gasteiger partial charge in [-0.3, -0.25) is 4.79 Å². The Morgan fingerprint density at radius 2 is 1.86 bits per heavy atom. The molecule has 3 aromatic rings. The second-order valence-electron chi connectivity index (χ2n) is 5.92. The van der Waals surface area contributed by atoms with Crippen molar-refractivity contribution in [2.45, 2.75) is 13.7 Å². The molecular weight excluding hydrogens is 382 g/mol. The summed E-state index contributed by atoms with van der Waals surface area (Å²) in [6.07, 6.45) is 1.65. The number of aromatic nitrogens is 2. The monoisotopic (exact) mass is 401 g/mol. The Morgan fingerprint density at radius 3 is 2.54 bits per heavy atom. The van der Waals surface area contributed by atoms with Crippen LogP contribution in [0, 0.1) is 6.92 Å². The Kier molecular flexibility index (Phi) is 6.06. The summed E-state index contributed by atoms with van der Waals surface area (Å²) >= 11 is 5.99. The molecule has 0 atom stereocenters. The molecule has 0 unspecified atom stereocenters. The molecule has 3 rings (SSSR count). The maximum atomic E-state index is 12.5. The van der Waals surface area contributed by atoms with E-state index >= 15 is 0 Å². The number of amides is 1. The zero-order chi connectivity index (χ0) is 20.1. The normalized spacial score (nSPS) is 10.4. The van der Waals surface area contributed by atoms with Gasteiger partial charge in [-0.25, -0.2) is 4.68 Å². The van der Waals surface area contributed by atoms with Gasteiger partial charge in [-0.05, 0) is 42.8 Å². The van der Waals surface area contributed by atoms with Crippen molar-refractivity contribution >= 4 is 23.2 Å². The van der Waals surface area contributed by atoms with E-state index in [0.29, 0.717) is 28.0 Å². The highest BCUT2D eigenvalue weighted by Crippen LogP contribution is 2.36. The van der Waals surface area contributed by atoms with Crippen LogP contribution < -0.4 is 19.5 Å². The quantitative estimate of drug-likeness (QED) is 0.643. The Hall–Kier alpha value is -3.19. The van der Waals surface area contributed by atoms with E-state index < -0.39 is 0 Å². The topological polar surface area (TPSA) is 74.6 Å².